The van der Waals surface area contributed by atoms with E-state index in [1.165, 1.54) is 11.9 Å². The van der Waals surface area contributed by atoms with Crippen molar-refractivity contribution >= 4 is 17.4 Å². The minimum Gasteiger partial charge on any atom is -0.366 e. The highest BCUT2D eigenvalue weighted by Crippen LogP contribution is 2.27. The Kier molecular flexibility index (Phi) is 4.55. The van der Waals surface area contributed by atoms with Crippen LogP contribution in [-0.2, 0) is 13.0 Å². The number of carbonyl (C=O) groups is 1. The lowest BCUT2D eigenvalue weighted by atomic mass is 10.0. The van der Waals surface area contributed by atoms with E-state index in [1.54, 1.807) is 18.5 Å². The van der Waals surface area contributed by atoms with E-state index < -0.39 is 0 Å². The molecule has 6 heteroatoms. The molecule has 3 heterocycles. The minimum atomic E-state index is -0.0935. The van der Waals surface area contributed by atoms with Crippen LogP contribution >= 0.6 is 0 Å². The predicted octanol–water partition coefficient (Wildman–Crippen LogP) is 3.08. The number of hydrogen-bond acceptors (Lipinski definition) is 5. The van der Waals surface area contributed by atoms with E-state index in [9.17, 15) is 4.79 Å². The Bertz CT molecular complexity index is 913. The van der Waals surface area contributed by atoms with E-state index in [2.05, 4.69) is 26.3 Å². The summed E-state index contributed by atoms with van der Waals surface area (Å²) in [6.07, 6.45) is 6.92. The number of carbonyl (C=O) groups excluding carboxylic acids is 1. The fourth-order valence-electron chi connectivity index (χ4n) is 3.15. The first-order valence-electron chi connectivity index (χ1n) is 8.66. The fourth-order valence-corrected chi connectivity index (χ4v) is 3.15. The average molecular weight is 345 g/mol. The maximum Gasteiger partial charge on any atom is 0.277 e. The van der Waals surface area contributed by atoms with E-state index in [0.717, 1.165) is 24.1 Å². The Morgan fingerprint density at radius 1 is 1.15 bits per heavy atom. The maximum absolute atomic E-state index is 13.0. The molecule has 1 amide bonds. The number of nitrogens with one attached hydrogen (secondary N) is 1. The van der Waals surface area contributed by atoms with Gasteiger partial charge in [0.05, 0.1) is 0 Å². The molecular formula is C20H19N5O. The molecule has 1 aromatic carbocycles. The van der Waals surface area contributed by atoms with Crippen molar-refractivity contribution in [1.82, 2.24) is 15.0 Å². The first-order chi connectivity index (χ1) is 12.8. The van der Waals surface area contributed by atoms with Gasteiger partial charge in [-0.25, -0.2) is 9.97 Å². The second-order valence-corrected chi connectivity index (χ2v) is 6.19. The van der Waals surface area contributed by atoms with Gasteiger partial charge in [-0.15, -0.1) is 0 Å². The summed E-state index contributed by atoms with van der Waals surface area (Å²) in [6.45, 7) is 1.29. The highest BCUT2D eigenvalue weighted by Gasteiger charge is 2.24. The molecule has 130 valence electrons. The van der Waals surface area contributed by atoms with Crippen LogP contribution in [0.1, 0.15) is 28.0 Å². The van der Waals surface area contributed by atoms with E-state index in [4.69, 9.17) is 0 Å². The van der Waals surface area contributed by atoms with Gasteiger partial charge in [-0.3, -0.25) is 9.78 Å². The number of hydrogen-bond donors (Lipinski definition) is 1. The molecule has 0 spiro atoms. The number of nitrogens with zero attached hydrogens (tertiary/aromatic N) is 4. The molecule has 0 unspecified atom stereocenters. The van der Waals surface area contributed by atoms with Crippen LogP contribution in [0.25, 0.3) is 0 Å². The number of amides is 1. The Morgan fingerprint density at radius 2 is 2.08 bits per heavy atom. The van der Waals surface area contributed by atoms with E-state index in [-0.39, 0.29) is 5.91 Å². The van der Waals surface area contributed by atoms with Crippen molar-refractivity contribution < 1.29 is 4.79 Å². The molecule has 2 aromatic heterocycles. The van der Waals surface area contributed by atoms with Gasteiger partial charge in [0, 0.05) is 37.2 Å². The van der Waals surface area contributed by atoms with Crippen LogP contribution in [0.2, 0.25) is 0 Å². The van der Waals surface area contributed by atoms with Gasteiger partial charge in [0.2, 0.25) is 0 Å². The molecule has 3 aromatic rings. The van der Waals surface area contributed by atoms with Crippen LogP contribution in [0.4, 0.5) is 11.5 Å². The quantitative estimate of drug-likeness (QED) is 0.787. The summed E-state index contributed by atoms with van der Waals surface area (Å²) in [5.41, 5.74) is 3.62. The molecule has 4 rings (SSSR count). The zero-order valence-electron chi connectivity index (χ0n) is 14.3. The fraction of sp³-hybridized carbons (Fsp3) is 0.200. The number of para-hydroxylation sites is 1. The molecule has 6 nitrogen and oxygen atoms in total. The minimum absolute atomic E-state index is 0.0935. The summed E-state index contributed by atoms with van der Waals surface area (Å²) in [7, 11) is 0. The molecular weight excluding hydrogens is 326 g/mol. The molecule has 1 aliphatic rings. The lowest BCUT2D eigenvalue weighted by Gasteiger charge is -2.29. The van der Waals surface area contributed by atoms with Crippen molar-refractivity contribution in [3.05, 3.63) is 78.0 Å². The lowest BCUT2D eigenvalue weighted by molar-refractivity contribution is 0.0980. The summed E-state index contributed by atoms with van der Waals surface area (Å²) in [5, 5.41) is 3.22. The third-order valence-electron chi connectivity index (χ3n) is 4.44. The first-order valence-corrected chi connectivity index (χ1v) is 8.66. The Hall–Kier alpha value is -3.28. The molecule has 1 aliphatic heterocycles. The van der Waals surface area contributed by atoms with E-state index in [1.807, 2.05) is 35.2 Å². The van der Waals surface area contributed by atoms with Crippen LogP contribution in [0, 0.1) is 0 Å². The summed E-state index contributed by atoms with van der Waals surface area (Å²) in [5.74, 6) is 0.529. The monoisotopic (exact) mass is 345 g/mol. The lowest BCUT2D eigenvalue weighted by Crippen LogP contribution is -2.36. The standard InChI is InChI=1S/C20H19N5O/c26-20(25-10-4-7-16-6-1-2-8-18(16)25)17-11-19(24-14-23-17)22-13-15-5-3-9-21-12-15/h1-3,5-6,8-9,11-12,14H,4,7,10,13H2,(H,22,23,24). The van der Waals surface area contributed by atoms with Crippen molar-refractivity contribution in [2.45, 2.75) is 19.4 Å². The van der Waals surface area contributed by atoms with Gasteiger partial charge in [-0.05, 0) is 36.1 Å². The van der Waals surface area contributed by atoms with E-state index >= 15 is 0 Å². The number of pyridine rings is 1. The zero-order valence-corrected chi connectivity index (χ0v) is 14.3. The Morgan fingerprint density at radius 3 is 2.96 bits per heavy atom. The molecule has 1 N–H and O–H groups in total. The highest BCUT2D eigenvalue weighted by molar-refractivity contribution is 6.05. The van der Waals surface area contributed by atoms with Crippen LogP contribution in [0.5, 0.6) is 0 Å². The summed E-state index contributed by atoms with van der Waals surface area (Å²) < 4.78 is 0. The van der Waals surface area contributed by atoms with Gasteiger partial charge < -0.3 is 10.2 Å². The molecule has 0 saturated carbocycles. The van der Waals surface area contributed by atoms with Gasteiger partial charge in [0.1, 0.15) is 17.8 Å². The number of benzene rings is 1. The van der Waals surface area contributed by atoms with Crippen molar-refractivity contribution in [2.75, 3.05) is 16.8 Å². The molecule has 0 fully saturated rings. The van der Waals surface area contributed by atoms with E-state index in [0.29, 0.717) is 24.6 Å². The SMILES string of the molecule is O=C(c1cc(NCc2cccnc2)ncn1)N1CCCc2ccccc21. The number of rotatable bonds is 4. The first kappa shape index (κ1) is 16.2. The predicted molar refractivity (Wildman–Crippen MR) is 100 cm³/mol. The van der Waals surface area contributed by atoms with Crippen molar-refractivity contribution in [3.63, 3.8) is 0 Å². The van der Waals surface area contributed by atoms with Crippen LogP contribution < -0.4 is 10.2 Å². The highest BCUT2D eigenvalue weighted by atomic mass is 16.2. The van der Waals surface area contributed by atoms with Crippen LogP contribution in [-0.4, -0.2) is 27.4 Å². The number of aryl methyl sites for hydroxylation is 1. The number of fused-ring (bicyclic) bond motifs is 1. The largest absolute Gasteiger partial charge is 0.366 e. The normalized spacial score (nSPS) is 13.2. The topological polar surface area (TPSA) is 71.0 Å². The van der Waals surface area contributed by atoms with Crippen molar-refractivity contribution in [3.8, 4) is 0 Å². The van der Waals surface area contributed by atoms with Crippen molar-refractivity contribution in [2.24, 2.45) is 0 Å². The molecule has 26 heavy (non-hydrogen) atoms. The summed E-state index contributed by atoms with van der Waals surface area (Å²) in [6, 6.07) is 13.6. The maximum atomic E-state index is 13.0. The van der Waals surface area contributed by atoms with Gasteiger partial charge in [0.15, 0.2) is 0 Å². The average Bonchev–Trinajstić information content (AvgIpc) is 2.72. The van der Waals surface area contributed by atoms with Gasteiger partial charge in [-0.1, -0.05) is 24.3 Å². The van der Waals surface area contributed by atoms with Crippen LogP contribution in [0.15, 0.2) is 61.2 Å². The second kappa shape index (κ2) is 7.31. The smallest absolute Gasteiger partial charge is 0.277 e. The van der Waals surface area contributed by atoms with Gasteiger partial charge in [0.25, 0.3) is 5.91 Å². The summed E-state index contributed by atoms with van der Waals surface area (Å²) >= 11 is 0. The van der Waals surface area contributed by atoms with Crippen LogP contribution in [0.3, 0.4) is 0 Å². The zero-order chi connectivity index (χ0) is 17.8. The number of anilines is 2. The van der Waals surface area contributed by atoms with Gasteiger partial charge in [-0.2, -0.15) is 0 Å². The third kappa shape index (κ3) is 3.39. The Labute approximate surface area is 151 Å². The molecule has 0 bridgehead atoms. The molecule has 0 aliphatic carbocycles. The van der Waals surface area contributed by atoms with Gasteiger partial charge >= 0.3 is 0 Å². The number of aromatic nitrogens is 3. The Balaban J connectivity index is 1.52. The molecule has 0 saturated heterocycles. The third-order valence-corrected chi connectivity index (χ3v) is 4.44. The molecule has 0 radical (unpaired) electrons. The second-order valence-electron chi connectivity index (χ2n) is 6.19. The molecule has 0 atom stereocenters. The summed E-state index contributed by atoms with van der Waals surface area (Å²) in [4.78, 5) is 27.3. The van der Waals surface area contributed by atoms with Crippen molar-refractivity contribution in [1.29, 1.82) is 0 Å².